The number of sulfonamides is 1. The molecule has 2 rings (SSSR count). The number of anilines is 2. The first kappa shape index (κ1) is 13.8. The predicted octanol–water partition coefficient (Wildman–Crippen LogP) is 2.04. The zero-order chi connectivity index (χ0) is 14.0. The van der Waals surface area contributed by atoms with E-state index in [-0.39, 0.29) is 15.4 Å². The molecule has 8 heteroatoms. The van der Waals surface area contributed by atoms with Crippen molar-refractivity contribution < 1.29 is 8.42 Å². The zero-order valence-electron chi connectivity index (χ0n) is 10.5. The Hall–Kier alpha value is -1.67. The molecule has 0 amide bonds. The SMILES string of the molecule is CC(C)c1ccccc1NS(=O)(=O)c1nnc(N)s1. The molecule has 0 unspecified atom stereocenters. The second kappa shape index (κ2) is 5.14. The van der Waals surface area contributed by atoms with Gasteiger partial charge >= 0.3 is 0 Å². The number of aromatic nitrogens is 2. The second-order valence-electron chi connectivity index (χ2n) is 4.25. The van der Waals surface area contributed by atoms with Gasteiger partial charge in [-0.25, -0.2) is 0 Å². The van der Waals surface area contributed by atoms with Gasteiger partial charge in [-0.15, -0.1) is 10.2 Å². The molecule has 0 spiro atoms. The number of hydrogen-bond donors (Lipinski definition) is 2. The highest BCUT2D eigenvalue weighted by Crippen LogP contribution is 2.27. The molecule has 6 nitrogen and oxygen atoms in total. The molecule has 0 aliphatic rings. The molecule has 2 aromatic rings. The average Bonchev–Trinajstić information content (AvgIpc) is 2.76. The maximum absolute atomic E-state index is 12.1. The molecule has 1 aromatic carbocycles. The van der Waals surface area contributed by atoms with Gasteiger partial charge in [0, 0.05) is 0 Å². The van der Waals surface area contributed by atoms with Crippen molar-refractivity contribution in [3.8, 4) is 0 Å². The number of nitrogens with zero attached hydrogens (tertiary/aromatic N) is 2. The van der Waals surface area contributed by atoms with Crippen molar-refractivity contribution in [1.82, 2.24) is 10.2 Å². The van der Waals surface area contributed by atoms with Gasteiger partial charge in [0.1, 0.15) is 0 Å². The molecule has 0 aliphatic carbocycles. The minimum Gasteiger partial charge on any atom is -0.374 e. The molecule has 0 saturated heterocycles. The summed E-state index contributed by atoms with van der Waals surface area (Å²) in [4.78, 5) is 0. The van der Waals surface area contributed by atoms with Crippen LogP contribution in [-0.2, 0) is 10.0 Å². The summed E-state index contributed by atoms with van der Waals surface area (Å²) in [5.41, 5.74) is 6.87. The Morgan fingerprint density at radius 1 is 1.26 bits per heavy atom. The van der Waals surface area contributed by atoms with Crippen LogP contribution in [0.15, 0.2) is 28.6 Å². The molecule has 0 radical (unpaired) electrons. The van der Waals surface area contributed by atoms with Gasteiger partial charge in [0.05, 0.1) is 5.69 Å². The maximum atomic E-state index is 12.1. The minimum atomic E-state index is -3.73. The van der Waals surface area contributed by atoms with Gasteiger partial charge in [0.25, 0.3) is 14.4 Å². The van der Waals surface area contributed by atoms with E-state index in [1.165, 1.54) is 0 Å². The lowest BCUT2D eigenvalue weighted by atomic mass is 10.0. The summed E-state index contributed by atoms with van der Waals surface area (Å²) in [5, 5.41) is 7.18. The standard InChI is InChI=1S/C11H14N4O2S2/c1-7(2)8-5-3-4-6-9(8)15-19(16,17)11-14-13-10(12)18-11/h3-7,15H,1-2H3,(H2,12,13). The third-order valence-corrected chi connectivity index (χ3v) is 4.96. The van der Waals surface area contributed by atoms with E-state index in [1.54, 1.807) is 12.1 Å². The molecule has 19 heavy (non-hydrogen) atoms. The van der Waals surface area contributed by atoms with Crippen molar-refractivity contribution in [2.45, 2.75) is 24.1 Å². The van der Waals surface area contributed by atoms with E-state index in [0.717, 1.165) is 16.9 Å². The van der Waals surface area contributed by atoms with Crippen LogP contribution in [0, 0.1) is 0 Å². The predicted molar refractivity (Wildman–Crippen MR) is 75.7 cm³/mol. The van der Waals surface area contributed by atoms with Crippen molar-refractivity contribution >= 4 is 32.2 Å². The summed E-state index contributed by atoms with van der Waals surface area (Å²) in [6.07, 6.45) is 0. The summed E-state index contributed by atoms with van der Waals surface area (Å²) in [6.45, 7) is 3.99. The maximum Gasteiger partial charge on any atom is 0.291 e. The number of rotatable bonds is 4. The Morgan fingerprint density at radius 3 is 2.53 bits per heavy atom. The molecule has 1 heterocycles. The smallest absolute Gasteiger partial charge is 0.291 e. The summed E-state index contributed by atoms with van der Waals surface area (Å²) < 4.78 is 26.6. The van der Waals surface area contributed by atoms with Crippen LogP contribution >= 0.6 is 11.3 Å². The minimum absolute atomic E-state index is 0.123. The van der Waals surface area contributed by atoms with Crippen molar-refractivity contribution in [1.29, 1.82) is 0 Å². The van der Waals surface area contributed by atoms with E-state index >= 15 is 0 Å². The lowest BCUT2D eigenvalue weighted by molar-refractivity contribution is 0.599. The quantitative estimate of drug-likeness (QED) is 0.900. The lowest BCUT2D eigenvalue weighted by Crippen LogP contribution is -2.14. The summed E-state index contributed by atoms with van der Waals surface area (Å²) in [5.74, 6) is 0.207. The highest BCUT2D eigenvalue weighted by Gasteiger charge is 2.21. The largest absolute Gasteiger partial charge is 0.374 e. The zero-order valence-corrected chi connectivity index (χ0v) is 12.1. The van der Waals surface area contributed by atoms with E-state index in [1.807, 2.05) is 26.0 Å². The fourth-order valence-corrected chi connectivity index (χ4v) is 3.48. The van der Waals surface area contributed by atoms with Crippen LogP contribution in [-0.4, -0.2) is 18.6 Å². The normalized spacial score (nSPS) is 11.7. The Balaban J connectivity index is 2.36. The molecule has 0 atom stereocenters. The first-order valence-electron chi connectivity index (χ1n) is 5.61. The number of benzene rings is 1. The second-order valence-corrected chi connectivity index (χ2v) is 7.12. The molecule has 0 aliphatic heterocycles. The first-order valence-corrected chi connectivity index (χ1v) is 7.91. The fraction of sp³-hybridized carbons (Fsp3) is 0.273. The fourth-order valence-electron chi connectivity index (χ4n) is 1.61. The molecule has 1 aromatic heterocycles. The van der Waals surface area contributed by atoms with E-state index in [4.69, 9.17) is 5.73 Å². The van der Waals surface area contributed by atoms with Gasteiger partial charge in [-0.3, -0.25) is 4.72 Å². The molecule has 0 saturated carbocycles. The number of nitrogens with one attached hydrogen (secondary N) is 1. The van der Waals surface area contributed by atoms with Crippen molar-refractivity contribution in [3.63, 3.8) is 0 Å². The van der Waals surface area contributed by atoms with E-state index in [0.29, 0.717) is 5.69 Å². The van der Waals surface area contributed by atoms with Crippen LogP contribution < -0.4 is 10.5 Å². The van der Waals surface area contributed by atoms with Crippen LogP contribution in [0.1, 0.15) is 25.3 Å². The third kappa shape index (κ3) is 3.02. The topological polar surface area (TPSA) is 98.0 Å². The molecule has 0 fully saturated rings. The summed E-state index contributed by atoms with van der Waals surface area (Å²) >= 11 is 0.833. The number of nitrogens with two attached hydrogens (primary N) is 1. The van der Waals surface area contributed by atoms with E-state index < -0.39 is 10.0 Å². The van der Waals surface area contributed by atoms with Crippen molar-refractivity contribution in [3.05, 3.63) is 29.8 Å². The van der Waals surface area contributed by atoms with Crippen LogP contribution in [0.3, 0.4) is 0 Å². The van der Waals surface area contributed by atoms with Crippen molar-refractivity contribution in [2.75, 3.05) is 10.5 Å². The number of hydrogen-bond acceptors (Lipinski definition) is 6. The van der Waals surface area contributed by atoms with E-state index in [2.05, 4.69) is 14.9 Å². The molecule has 102 valence electrons. The van der Waals surface area contributed by atoms with Gasteiger partial charge in [0.15, 0.2) is 0 Å². The highest BCUT2D eigenvalue weighted by molar-refractivity contribution is 7.94. The average molecular weight is 298 g/mol. The third-order valence-electron chi connectivity index (χ3n) is 2.48. The Morgan fingerprint density at radius 2 is 1.95 bits per heavy atom. The van der Waals surface area contributed by atoms with Gasteiger partial charge in [-0.2, -0.15) is 8.42 Å². The Bertz CT molecular complexity index is 680. The monoisotopic (exact) mass is 298 g/mol. The van der Waals surface area contributed by atoms with Crippen LogP contribution in [0.4, 0.5) is 10.8 Å². The van der Waals surface area contributed by atoms with Crippen LogP contribution in [0.2, 0.25) is 0 Å². The van der Waals surface area contributed by atoms with Gasteiger partial charge in [-0.1, -0.05) is 43.4 Å². The summed E-state index contributed by atoms with van der Waals surface area (Å²) in [7, 11) is -3.73. The van der Waals surface area contributed by atoms with Gasteiger partial charge in [-0.05, 0) is 17.5 Å². The molecule has 0 bridgehead atoms. The van der Waals surface area contributed by atoms with Crippen LogP contribution in [0.5, 0.6) is 0 Å². The Kier molecular flexibility index (Phi) is 3.72. The van der Waals surface area contributed by atoms with Gasteiger partial charge < -0.3 is 5.73 Å². The molecule has 3 N–H and O–H groups in total. The lowest BCUT2D eigenvalue weighted by Gasteiger charge is -2.13. The molecular weight excluding hydrogens is 284 g/mol. The highest BCUT2D eigenvalue weighted by atomic mass is 32.2. The van der Waals surface area contributed by atoms with E-state index in [9.17, 15) is 8.42 Å². The first-order chi connectivity index (χ1) is 8.90. The van der Waals surface area contributed by atoms with Crippen molar-refractivity contribution in [2.24, 2.45) is 0 Å². The summed E-state index contributed by atoms with van der Waals surface area (Å²) in [6, 6.07) is 7.25. The molecular formula is C11H14N4O2S2. The number of para-hydroxylation sites is 1. The van der Waals surface area contributed by atoms with Gasteiger partial charge in [0.2, 0.25) is 5.13 Å². The Labute approximate surface area is 115 Å². The van der Waals surface area contributed by atoms with Crippen LogP contribution in [0.25, 0.3) is 0 Å². The number of nitrogen functional groups attached to an aromatic ring is 1.